The van der Waals surface area contributed by atoms with Crippen molar-refractivity contribution in [2.45, 2.75) is 110 Å². The Hall–Kier alpha value is -3.00. The Morgan fingerprint density at radius 2 is 1.12 bits per heavy atom. The lowest BCUT2D eigenvalue weighted by Gasteiger charge is -2.19. The van der Waals surface area contributed by atoms with Gasteiger partial charge in [0.25, 0.3) is 0 Å². The third-order valence-corrected chi connectivity index (χ3v) is 7.70. The Morgan fingerprint density at radius 1 is 0.675 bits per heavy atom. The Kier molecular flexibility index (Phi) is 13.7. The summed E-state index contributed by atoms with van der Waals surface area (Å²) >= 11 is 0. The van der Waals surface area contributed by atoms with E-state index in [0.717, 1.165) is 29.2 Å². The van der Waals surface area contributed by atoms with E-state index in [1.165, 1.54) is 39.0 Å². The molecule has 40 heavy (non-hydrogen) atoms. The molecule has 0 aliphatic heterocycles. The summed E-state index contributed by atoms with van der Waals surface area (Å²) in [5.74, 6) is 0. The highest BCUT2D eigenvalue weighted by molar-refractivity contribution is 5.65. The van der Waals surface area contributed by atoms with Gasteiger partial charge >= 0.3 is 0 Å². The minimum absolute atomic E-state index is 0.168. The minimum atomic E-state index is 0.168. The second kappa shape index (κ2) is 15.7. The fraction of sp³-hybridized carbons (Fsp3) is 0.474. The second-order valence-corrected chi connectivity index (χ2v) is 13.1. The molecule has 1 heterocycles. The SMILES string of the molecule is CCCc1cnc(=C(C)\C(C)=C\C=C(/C)C(C)(C)C)/c(=C(C)/C(C)=C/C=C(\C)C(C)(C)C)n1.Cc1ccccc1. The molecule has 0 saturated heterocycles. The molecule has 2 nitrogen and oxygen atoms in total. The monoisotopic (exact) mass is 540 g/mol. The largest absolute Gasteiger partial charge is 0.252 e. The first kappa shape index (κ1) is 35.0. The number of nitrogens with zero attached hydrogens (tertiary/aromatic N) is 2. The van der Waals surface area contributed by atoms with Crippen molar-refractivity contribution in [1.82, 2.24) is 9.97 Å². The summed E-state index contributed by atoms with van der Waals surface area (Å²) in [7, 11) is 0. The molecule has 2 rings (SSSR count). The topological polar surface area (TPSA) is 25.8 Å². The van der Waals surface area contributed by atoms with Crippen molar-refractivity contribution in [3.63, 3.8) is 0 Å². The summed E-state index contributed by atoms with van der Waals surface area (Å²) in [5, 5.41) is 1.98. The van der Waals surface area contributed by atoms with E-state index >= 15 is 0 Å². The van der Waals surface area contributed by atoms with Gasteiger partial charge in [0.15, 0.2) is 0 Å². The molecule has 2 aromatic rings. The summed E-state index contributed by atoms with van der Waals surface area (Å²) in [6.07, 6.45) is 12.9. The van der Waals surface area contributed by atoms with Gasteiger partial charge in [0, 0.05) is 6.20 Å². The first-order chi connectivity index (χ1) is 18.5. The van der Waals surface area contributed by atoms with E-state index in [1.54, 1.807) is 0 Å². The Morgan fingerprint density at radius 3 is 1.50 bits per heavy atom. The molecule has 0 unspecified atom stereocenters. The lowest BCUT2D eigenvalue weighted by Crippen LogP contribution is -2.36. The zero-order valence-corrected chi connectivity index (χ0v) is 28.1. The number of benzene rings is 1. The molecule has 218 valence electrons. The van der Waals surface area contributed by atoms with E-state index in [0.29, 0.717) is 0 Å². The van der Waals surface area contributed by atoms with Crippen LogP contribution in [-0.2, 0) is 6.42 Å². The predicted molar refractivity (Wildman–Crippen MR) is 179 cm³/mol. The van der Waals surface area contributed by atoms with Crippen LogP contribution in [0.3, 0.4) is 0 Å². The van der Waals surface area contributed by atoms with Crippen LogP contribution in [0.4, 0.5) is 0 Å². The lowest BCUT2D eigenvalue weighted by atomic mass is 9.87. The maximum atomic E-state index is 5.07. The smallest absolute Gasteiger partial charge is 0.0924 e. The van der Waals surface area contributed by atoms with Gasteiger partial charge in [0.1, 0.15) is 0 Å². The van der Waals surface area contributed by atoms with Gasteiger partial charge < -0.3 is 0 Å². The van der Waals surface area contributed by atoms with E-state index in [1.807, 2.05) is 24.4 Å². The summed E-state index contributed by atoms with van der Waals surface area (Å²) in [6.45, 7) is 30.8. The molecule has 0 fully saturated rings. The molecule has 0 atom stereocenters. The van der Waals surface area contributed by atoms with Crippen molar-refractivity contribution in [2.75, 3.05) is 0 Å². The molecule has 0 aliphatic rings. The quantitative estimate of drug-likeness (QED) is 0.341. The first-order valence-electron chi connectivity index (χ1n) is 14.8. The maximum absolute atomic E-state index is 5.07. The molecule has 2 heteroatoms. The number of rotatable bonds is 6. The fourth-order valence-electron chi connectivity index (χ4n) is 3.50. The van der Waals surface area contributed by atoms with Crippen LogP contribution in [0, 0.1) is 17.8 Å². The number of aryl methyl sites for hydroxylation is 2. The van der Waals surface area contributed by atoms with Gasteiger partial charge in [-0.25, -0.2) is 4.98 Å². The van der Waals surface area contributed by atoms with Crippen molar-refractivity contribution < 1.29 is 0 Å². The number of aromatic nitrogens is 2. The fourth-order valence-corrected chi connectivity index (χ4v) is 3.50. The maximum Gasteiger partial charge on any atom is 0.0924 e. The van der Waals surface area contributed by atoms with Gasteiger partial charge in [0.2, 0.25) is 0 Å². The van der Waals surface area contributed by atoms with Crippen molar-refractivity contribution >= 4 is 11.1 Å². The summed E-state index contributed by atoms with van der Waals surface area (Å²) in [5.41, 5.74) is 10.2. The van der Waals surface area contributed by atoms with Gasteiger partial charge in [0.05, 0.1) is 16.4 Å². The highest BCUT2D eigenvalue weighted by Gasteiger charge is 2.12. The molecular formula is C38H56N2. The van der Waals surface area contributed by atoms with E-state index in [-0.39, 0.29) is 10.8 Å². The summed E-state index contributed by atoms with van der Waals surface area (Å²) in [4.78, 5) is 9.98. The lowest BCUT2D eigenvalue weighted by molar-refractivity contribution is 0.504. The normalized spacial score (nSPS) is 15.3. The van der Waals surface area contributed by atoms with Crippen molar-refractivity contribution in [3.05, 3.63) is 105 Å². The molecule has 0 bridgehead atoms. The van der Waals surface area contributed by atoms with Crippen LogP contribution in [0.5, 0.6) is 0 Å². The number of allylic oxidation sites excluding steroid dienone is 8. The number of hydrogen-bond donors (Lipinski definition) is 0. The molecule has 0 radical (unpaired) electrons. The molecule has 1 aromatic heterocycles. The van der Waals surface area contributed by atoms with E-state index in [2.05, 4.69) is 133 Å². The van der Waals surface area contributed by atoms with Crippen LogP contribution < -0.4 is 10.7 Å². The van der Waals surface area contributed by atoms with Gasteiger partial charge in [-0.2, -0.15) is 0 Å². The molecule has 0 spiro atoms. The first-order valence-corrected chi connectivity index (χ1v) is 14.8. The molecule has 0 aliphatic carbocycles. The average molecular weight is 541 g/mol. The second-order valence-electron chi connectivity index (χ2n) is 13.1. The van der Waals surface area contributed by atoms with Crippen LogP contribution >= 0.6 is 0 Å². The minimum Gasteiger partial charge on any atom is -0.252 e. The molecular weight excluding hydrogens is 484 g/mol. The van der Waals surface area contributed by atoms with Gasteiger partial charge in [-0.1, -0.05) is 126 Å². The van der Waals surface area contributed by atoms with Crippen LogP contribution in [0.15, 0.2) is 83.1 Å². The van der Waals surface area contributed by atoms with Gasteiger partial charge in [-0.3, -0.25) is 4.98 Å². The zero-order valence-electron chi connectivity index (χ0n) is 28.1. The highest BCUT2D eigenvalue weighted by atomic mass is 14.8. The van der Waals surface area contributed by atoms with Crippen molar-refractivity contribution in [3.8, 4) is 0 Å². The Bertz CT molecular complexity index is 1350. The Labute approximate surface area is 246 Å². The average Bonchev–Trinajstić information content (AvgIpc) is 2.88. The summed E-state index contributed by atoms with van der Waals surface area (Å²) < 4.78 is 0. The molecule has 0 N–H and O–H groups in total. The van der Waals surface area contributed by atoms with Crippen LogP contribution in [0.2, 0.25) is 0 Å². The molecule has 0 amide bonds. The van der Waals surface area contributed by atoms with Crippen LogP contribution in [0.25, 0.3) is 11.1 Å². The predicted octanol–water partition coefficient (Wildman–Crippen LogP) is 9.64. The van der Waals surface area contributed by atoms with Crippen LogP contribution in [-0.4, -0.2) is 9.97 Å². The van der Waals surface area contributed by atoms with Gasteiger partial charge in [-0.05, 0) is 88.0 Å². The van der Waals surface area contributed by atoms with E-state index < -0.39 is 0 Å². The van der Waals surface area contributed by atoms with Crippen molar-refractivity contribution in [2.24, 2.45) is 10.8 Å². The third kappa shape index (κ3) is 11.6. The standard InChI is InChI=1S/C31H48N2.C7H8/c1-14-15-27-20-32-28(25(6)21(2)16-18-23(4)30(8,9)10)29(33-27)26(7)22(3)17-19-24(5)31(11,12)13;1-7-5-3-2-4-6-7/h16-20H,14-15H2,1-13H3;2-6H,1H3/b21-16+,22-17+,23-18+,24-19+,28-25-,29-26-;. The highest BCUT2D eigenvalue weighted by Crippen LogP contribution is 2.25. The Balaban J connectivity index is 0.000000985. The van der Waals surface area contributed by atoms with Crippen molar-refractivity contribution in [1.29, 1.82) is 0 Å². The summed E-state index contributed by atoms with van der Waals surface area (Å²) in [6, 6.07) is 10.3. The zero-order chi connectivity index (χ0) is 30.7. The number of hydrogen-bond acceptors (Lipinski definition) is 2. The van der Waals surface area contributed by atoms with E-state index in [4.69, 9.17) is 9.97 Å². The molecule has 1 aromatic carbocycles. The van der Waals surface area contributed by atoms with E-state index in [9.17, 15) is 0 Å². The molecule has 0 saturated carbocycles. The third-order valence-electron chi connectivity index (χ3n) is 7.70. The van der Waals surface area contributed by atoms with Crippen LogP contribution in [0.1, 0.15) is 108 Å². The van der Waals surface area contributed by atoms with Gasteiger partial charge in [-0.15, -0.1) is 0 Å².